The first-order valence-corrected chi connectivity index (χ1v) is 14.0. The molecule has 7 rings (SSSR count). The van der Waals surface area contributed by atoms with Gasteiger partial charge < -0.3 is 19.4 Å². The molecular weight excluding hydrogens is 526 g/mol. The summed E-state index contributed by atoms with van der Waals surface area (Å²) in [4.78, 5) is 9.48. The van der Waals surface area contributed by atoms with Crippen LogP contribution in [-0.4, -0.2) is 41.5 Å². The zero-order valence-electron chi connectivity index (χ0n) is 22.9. The van der Waals surface area contributed by atoms with Crippen molar-refractivity contribution in [1.29, 1.82) is 0 Å². The molecule has 0 amide bonds. The van der Waals surface area contributed by atoms with Crippen LogP contribution in [0.2, 0.25) is 0 Å². The minimum Gasteiger partial charge on any atom is -0.432 e. The van der Waals surface area contributed by atoms with Gasteiger partial charge in [0.15, 0.2) is 17.2 Å². The molecule has 3 aromatic heterocycles. The number of hydrogen-bond acceptors (Lipinski definition) is 7. The van der Waals surface area contributed by atoms with Crippen LogP contribution in [0.4, 0.5) is 8.78 Å². The van der Waals surface area contributed by atoms with Crippen LogP contribution in [0.1, 0.15) is 56.2 Å². The highest BCUT2D eigenvalue weighted by molar-refractivity contribution is 5.83. The van der Waals surface area contributed by atoms with Crippen molar-refractivity contribution in [3.8, 4) is 34.1 Å². The van der Waals surface area contributed by atoms with Crippen LogP contribution in [0.5, 0.6) is 0 Å². The van der Waals surface area contributed by atoms with Crippen molar-refractivity contribution >= 4 is 11.1 Å². The number of rotatable bonds is 7. The van der Waals surface area contributed by atoms with Crippen molar-refractivity contribution in [3.63, 3.8) is 0 Å². The first-order chi connectivity index (χ1) is 19.7. The molecule has 2 fully saturated rings. The van der Waals surface area contributed by atoms with Gasteiger partial charge in [0.25, 0.3) is 0 Å². The molecule has 5 aromatic rings. The Labute approximate surface area is 235 Å². The van der Waals surface area contributed by atoms with E-state index < -0.39 is 11.4 Å². The second-order valence-electron chi connectivity index (χ2n) is 11.5. The Bertz CT molecular complexity index is 1770. The van der Waals surface area contributed by atoms with Crippen molar-refractivity contribution in [2.45, 2.75) is 63.1 Å². The van der Waals surface area contributed by atoms with Gasteiger partial charge in [0.05, 0.1) is 5.60 Å². The third-order valence-corrected chi connectivity index (χ3v) is 8.29. The number of halogens is 2. The second-order valence-corrected chi connectivity index (χ2v) is 11.5. The van der Waals surface area contributed by atoms with E-state index in [1.807, 2.05) is 26.1 Å². The molecule has 8 nitrogen and oxygen atoms in total. The van der Waals surface area contributed by atoms with Crippen LogP contribution in [-0.2, 0) is 13.6 Å². The van der Waals surface area contributed by atoms with Gasteiger partial charge >= 0.3 is 0 Å². The van der Waals surface area contributed by atoms with Gasteiger partial charge in [0.2, 0.25) is 5.89 Å². The number of aryl methyl sites for hydroxylation is 1. The maximum atomic E-state index is 15.2. The number of aliphatic hydroxyl groups is 1. The van der Waals surface area contributed by atoms with Crippen molar-refractivity contribution < 1.29 is 18.3 Å². The number of nitrogens with zero attached hydrogens (tertiary/aromatic N) is 5. The lowest BCUT2D eigenvalue weighted by molar-refractivity contribution is 0.0387. The van der Waals surface area contributed by atoms with E-state index in [1.165, 1.54) is 18.2 Å². The van der Waals surface area contributed by atoms with Gasteiger partial charge in [-0.3, -0.25) is 0 Å². The Morgan fingerprint density at radius 1 is 1.07 bits per heavy atom. The maximum Gasteiger partial charge on any atom is 0.246 e. The molecule has 10 heteroatoms. The van der Waals surface area contributed by atoms with Gasteiger partial charge in [0, 0.05) is 36.8 Å². The van der Waals surface area contributed by atoms with Gasteiger partial charge in [-0.15, -0.1) is 10.2 Å². The summed E-state index contributed by atoms with van der Waals surface area (Å²) in [5.74, 6) is 0.195. The Morgan fingerprint density at radius 2 is 1.93 bits per heavy atom. The summed E-state index contributed by atoms with van der Waals surface area (Å²) in [6.45, 7) is 2.25. The number of nitrogens with one attached hydrogen (secondary N) is 1. The van der Waals surface area contributed by atoms with E-state index in [-0.39, 0.29) is 23.3 Å². The summed E-state index contributed by atoms with van der Waals surface area (Å²) in [6.07, 6.45) is 6.22. The highest BCUT2D eigenvalue weighted by Crippen LogP contribution is 2.43. The Hall–Kier alpha value is -4.02. The highest BCUT2D eigenvalue weighted by Gasteiger charge is 2.36. The molecule has 0 bridgehead atoms. The third-order valence-electron chi connectivity index (χ3n) is 8.29. The fraction of sp³-hybridized carbons (Fsp3) is 0.355. The Balaban J connectivity index is 1.27. The lowest BCUT2D eigenvalue weighted by atomic mass is 9.97. The zero-order chi connectivity index (χ0) is 28.3. The molecule has 2 N–H and O–H groups in total. The molecule has 0 radical (unpaired) electrons. The van der Waals surface area contributed by atoms with Crippen molar-refractivity contribution in [1.82, 2.24) is 30.0 Å². The molecule has 2 saturated carbocycles. The predicted molar refractivity (Wildman–Crippen MR) is 150 cm³/mol. The highest BCUT2D eigenvalue weighted by atomic mass is 19.1. The lowest BCUT2D eigenvalue weighted by Crippen LogP contribution is -2.44. The summed E-state index contributed by atoms with van der Waals surface area (Å²) < 4.78 is 37.2. The molecule has 0 saturated heterocycles. The second kappa shape index (κ2) is 9.81. The van der Waals surface area contributed by atoms with Gasteiger partial charge in [-0.2, -0.15) is 0 Å². The monoisotopic (exact) mass is 556 g/mol. The SMILES string of the molecule is Cn1cnnc1-c1cc(F)ccc1-c1cc(-c2nc3cc(CN[C@@H]4CCCC4(C)O)cc(F)c3o2)nc(C2CC2)c1. The summed E-state index contributed by atoms with van der Waals surface area (Å²) >= 11 is 0. The van der Waals surface area contributed by atoms with Crippen molar-refractivity contribution in [2.24, 2.45) is 7.05 Å². The molecule has 2 aliphatic carbocycles. The first kappa shape index (κ1) is 25.9. The standard InChI is InChI=1S/C31H30F2N6O2/c1-31(40)9-3-4-27(31)34-15-17-10-23(33)28-25(11-17)37-30(41-28)26-13-19(12-24(36-26)18-5-6-18)21-8-7-20(32)14-22(21)29-38-35-16-39(29)2/h7-8,10-14,16,18,27,34,40H,3-6,9,15H2,1-2H3/t27-,31?/m1/s1. The molecule has 1 unspecified atom stereocenters. The average Bonchev–Trinajstić information content (AvgIpc) is 3.41. The van der Waals surface area contributed by atoms with E-state index in [4.69, 9.17) is 9.40 Å². The number of fused-ring (bicyclic) bond motifs is 1. The molecule has 3 heterocycles. The number of oxazole rings is 1. The fourth-order valence-electron chi connectivity index (χ4n) is 5.86. The van der Waals surface area contributed by atoms with Crippen LogP contribution in [0, 0.1) is 11.6 Å². The topological polar surface area (TPSA) is 102 Å². The van der Waals surface area contributed by atoms with Crippen molar-refractivity contribution in [3.05, 3.63) is 71.7 Å². The molecule has 0 aliphatic heterocycles. The van der Waals surface area contributed by atoms with E-state index in [9.17, 15) is 9.50 Å². The number of pyridine rings is 1. The Kier molecular flexibility index (Phi) is 6.20. The fourth-order valence-corrected chi connectivity index (χ4v) is 5.86. The largest absolute Gasteiger partial charge is 0.432 e. The van der Waals surface area contributed by atoms with E-state index >= 15 is 4.39 Å². The maximum absolute atomic E-state index is 15.2. The summed E-state index contributed by atoms with van der Waals surface area (Å²) in [5.41, 5.74) is 3.98. The molecule has 0 spiro atoms. The quantitative estimate of drug-likeness (QED) is 0.257. The molecule has 41 heavy (non-hydrogen) atoms. The predicted octanol–water partition coefficient (Wildman–Crippen LogP) is 5.90. The van der Waals surface area contributed by atoms with Crippen molar-refractivity contribution in [2.75, 3.05) is 0 Å². The molecule has 2 aromatic carbocycles. The zero-order valence-corrected chi connectivity index (χ0v) is 22.9. The summed E-state index contributed by atoms with van der Waals surface area (Å²) in [5, 5.41) is 22.1. The molecule has 210 valence electrons. The van der Waals surface area contributed by atoms with E-state index in [1.54, 1.807) is 23.0 Å². The van der Waals surface area contributed by atoms with E-state index in [0.717, 1.165) is 54.5 Å². The summed E-state index contributed by atoms with van der Waals surface area (Å²) in [6, 6.07) is 11.7. The van der Waals surface area contributed by atoms with Gasteiger partial charge in [-0.1, -0.05) is 6.07 Å². The van der Waals surface area contributed by atoms with Gasteiger partial charge in [-0.05, 0) is 92.1 Å². The molecular formula is C31H30F2N6O2. The minimum absolute atomic E-state index is 0.0418. The smallest absolute Gasteiger partial charge is 0.246 e. The van der Waals surface area contributed by atoms with Crippen LogP contribution in [0.15, 0.2) is 53.2 Å². The Morgan fingerprint density at radius 3 is 2.66 bits per heavy atom. The van der Waals surface area contributed by atoms with Crippen LogP contribution in [0.3, 0.4) is 0 Å². The van der Waals surface area contributed by atoms with Crippen LogP contribution < -0.4 is 5.32 Å². The summed E-state index contributed by atoms with van der Waals surface area (Å²) in [7, 11) is 1.81. The lowest BCUT2D eigenvalue weighted by Gasteiger charge is -2.26. The van der Waals surface area contributed by atoms with Gasteiger partial charge in [-0.25, -0.2) is 18.7 Å². The molecule has 2 aliphatic rings. The van der Waals surface area contributed by atoms with Crippen LogP contribution >= 0.6 is 0 Å². The normalized spacial score (nSPS) is 20.8. The first-order valence-electron chi connectivity index (χ1n) is 14.0. The number of benzene rings is 2. The minimum atomic E-state index is -0.767. The third kappa shape index (κ3) is 4.91. The van der Waals surface area contributed by atoms with Gasteiger partial charge in [0.1, 0.15) is 23.4 Å². The average molecular weight is 557 g/mol. The van der Waals surface area contributed by atoms with E-state index in [2.05, 4.69) is 20.5 Å². The molecule has 2 atom stereocenters. The number of aromatic nitrogens is 5. The van der Waals surface area contributed by atoms with Crippen LogP contribution in [0.25, 0.3) is 45.2 Å². The van der Waals surface area contributed by atoms with E-state index in [0.29, 0.717) is 35.1 Å². The number of hydrogen-bond donors (Lipinski definition) is 2.